The molecule has 0 bridgehead atoms. The van der Waals surface area contributed by atoms with Crippen LogP contribution in [-0.4, -0.2) is 36.9 Å². The Morgan fingerprint density at radius 2 is 1.96 bits per heavy atom. The lowest BCUT2D eigenvalue weighted by atomic mass is 10.2. The summed E-state index contributed by atoms with van der Waals surface area (Å²) < 4.78 is 10.9. The van der Waals surface area contributed by atoms with Crippen molar-refractivity contribution in [2.75, 3.05) is 20.2 Å². The number of furan rings is 1. The summed E-state index contributed by atoms with van der Waals surface area (Å²) in [5.41, 5.74) is 0.488. The molecule has 1 aromatic carbocycles. The van der Waals surface area contributed by atoms with Crippen molar-refractivity contribution in [2.24, 2.45) is 0 Å². The van der Waals surface area contributed by atoms with Crippen LogP contribution in [0.2, 0.25) is 0 Å². The average Bonchev–Trinajstić information content (AvgIpc) is 3.20. The molecule has 2 aromatic rings. The van der Waals surface area contributed by atoms with Gasteiger partial charge in [-0.05, 0) is 49.7 Å². The molecule has 0 fully saturated rings. The summed E-state index contributed by atoms with van der Waals surface area (Å²) >= 11 is 0. The van der Waals surface area contributed by atoms with Crippen molar-refractivity contribution in [3.05, 3.63) is 54.0 Å². The Labute approximate surface area is 154 Å². The topological polar surface area (TPSA) is 71.8 Å². The number of hydrogen-bond acceptors (Lipinski definition) is 4. The molecule has 140 valence electrons. The number of ether oxygens (including phenoxy) is 1. The third kappa shape index (κ3) is 5.37. The first-order chi connectivity index (χ1) is 12.5. The summed E-state index contributed by atoms with van der Waals surface area (Å²) in [6.45, 7) is 4.56. The lowest BCUT2D eigenvalue weighted by molar-refractivity contribution is -0.131. The molecule has 1 N–H and O–H groups in total. The Kier molecular flexibility index (Phi) is 7.26. The van der Waals surface area contributed by atoms with Gasteiger partial charge in [-0.3, -0.25) is 9.59 Å². The second-order valence-electron chi connectivity index (χ2n) is 6.11. The molecular formula is C20H26N2O4. The molecule has 0 saturated carbocycles. The van der Waals surface area contributed by atoms with Gasteiger partial charge in [0, 0.05) is 12.6 Å². The van der Waals surface area contributed by atoms with Crippen LogP contribution in [-0.2, 0) is 4.79 Å². The van der Waals surface area contributed by atoms with Crippen LogP contribution in [0.3, 0.4) is 0 Å². The van der Waals surface area contributed by atoms with Gasteiger partial charge in [-0.25, -0.2) is 0 Å². The van der Waals surface area contributed by atoms with Crippen molar-refractivity contribution in [2.45, 2.75) is 32.7 Å². The molecular weight excluding hydrogens is 332 g/mol. The first-order valence-electron chi connectivity index (χ1n) is 8.83. The van der Waals surface area contributed by atoms with E-state index in [9.17, 15) is 9.59 Å². The number of likely N-dealkylation sites (N-methyl/N-ethyl adjacent to an activating group) is 1. The second-order valence-corrected chi connectivity index (χ2v) is 6.11. The number of carbonyl (C=O) groups is 2. The largest absolute Gasteiger partial charge is 0.494 e. The van der Waals surface area contributed by atoms with E-state index in [0.29, 0.717) is 17.9 Å². The molecule has 1 unspecified atom stereocenters. The first-order valence-corrected chi connectivity index (χ1v) is 8.83. The van der Waals surface area contributed by atoms with Gasteiger partial charge < -0.3 is 19.4 Å². The molecule has 1 atom stereocenters. The minimum atomic E-state index is -0.294. The van der Waals surface area contributed by atoms with E-state index in [4.69, 9.17) is 9.15 Å². The Morgan fingerprint density at radius 1 is 1.23 bits per heavy atom. The predicted molar refractivity (Wildman–Crippen MR) is 99.1 cm³/mol. The van der Waals surface area contributed by atoms with Gasteiger partial charge in [0.1, 0.15) is 11.5 Å². The number of carbonyl (C=O) groups excluding carboxylic acids is 2. The summed E-state index contributed by atoms with van der Waals surface area (Å²) in [6, 6.07) is 10.3. The van der Waals surface area contributed by atoms with Crippen LogP contribution in [0.4, 0.5) is 0 Å². The van der Waals surface area contributed by atoms with Gasteiger partial charge in [0.25, 0.3) is 5.91 Å². The molecule has 0 radical (unpaired) electrons. The number of amides is 2. The van der Waals surface area contributed by atoms with Gasteiger partial charge in [0.15, 0.2) is 0 Å². The molecule has 0 aliphatic carbocycles. The average molecular weight is 358 g/mol. The van der Waals surface area contributed by atoms with Crippen LogP contribution in [0.15, 0.2) is 47.1 Å². The van der Waals surface area contributed by atoms with E-state index in [1.54, 1.807) is 48.5 Å². The quantitative estimate of drug-likeness (QED) is 0.697. The van der Waals surface area contributed by atoms with Gasteiger partial charge >= 0.3 is 0 Å². The maximum absolute atomic E-state index is 12.3. The maximum atomic E-state index is 12.3. The molecule has 2 amide bonds. The van der Waals surface area contributed by atoms with Gasteiger partial charge in [-0.2, -0.15) is 0 Å². The first kappa shape index (κ1) is 19.6. The Morgan fingerprint density at radius 3 is 2.58 bits per heavy atom. The fraction of sp³-hybridized carbons (Fsp3) is 0.400. The van der Waals surface area contributed by atoms with Crippen molar-refractivity contribution in [1.29, 1.82) is 0 Å². The SMILES string of the molecule is CCCCOc1ccc(C(=O)NCC(=O)N(C)C(C)c2ccco2)cc1. The van der Waals surface area contributed by atoms with Crippen molar-refractivity contribution in [3.8, 4) is 5.75 Å². The number of nitrogens with one attached hydrogen (secondary N) is 1. The van der Waals surface area contributed by atoms with Crippen LogP contribution in [0.5, 0.6) is 5.75 Å². The van der Waals surface area contributed by atoms with Crippen molar-refractivity contribution < 1.29 is 18.7 Å². The zero-order valence-electron chi connectivity index (χ0n) is 15.5. The molecule has 1 aromatic heterocycles. The molecule has 26 heavy (non-hydrogen) atoms. The fourth-order valence-electron chi connectivity index (χ4n) is 2.36. The van der Waals surface area contributed by atoms with Crippen molar-refractivity contribution in [1.82, 2.24) is 10.2 Å². The number of hydrogen-bond donors (Lipinski definition) is 1. The molecule has 0 aliphatic rings. The van der Waals surface area contributed by atoms with Crippen LogP contribution in [0, 0.1) is 0 Å². The summed E-state index contributed by atoms with van der Waals surface area (Å²) in [6.07, 6.45) is 3.64. The van der Waals surface area contributed by atoms with E-state index in [-0.39, 0.29) is 24.4 Å². The molecule has 1 heterocycles. The molecule has 0 saturated heterocycles. The predicted octanol–water partition coefficient (Wildman–Crippen LogP) is 3.41. The smallest absolute Gasteiger partial charge is 0.251 e. The van der Waals surface area contributed by atoms with E-state index in [1.807, 2.05) is 13.0 Å². The molecule has 6 nitrogen and oxygen atoms in total. The third-order valence-electron chi connectivity index (χ3n) is 4.21. The molecule has 6 heteroatoms. The second kappa shape index (κ2) is 9.65. The maximum Gasteiger partial charge on any atom is 0.251 e. The van der Waals surface area contributed by atoms with Gasteiger partial charge in [-0.15, -0.1) is 0 Å². The summed E-state index contributed by atoms with van der Waals surface area (Å²) in [5, 5.41) is 2.65. The van der Waals surface area contributed by atoms with E-state index in [1.165, 1.54) is 0 Å². The molecule has 0 spiro atoms. The summed E-state index contributed by atoms with van der Waals surface area (Å²) in [4.78, 5) is 26.0. The van der Waals surface area contributed by atoms with Gasteiger partial charge in [0.2, 0.25) is 5.91 Å². The molecule has 2 rings (SSSR count). The zero-order valence-corrected chi connectivity index (χ0v) is 15.5. The van der Waals surface area contributed by atoms with E-state index < -0.39 is 0 Å². The summed E-state index contributed by atoms with van der Waals surface area (Å²) in [5.74, 6) is 0.947. The van der Waals surface area contributed by atoms with Gasteiger partial charge in [0.05, 0.1) is 25.5 Å². The lowest BCUT2D eigenvalue weighted by Crippen LogP contribution is -2.39. The van der Waals surface area contributed by atoms with E-state index in [2.05, 4.69) is 12.2 Å². The van der Waals surface area contributed by atoms with E-state index in [0.717, 1.165) is 18.6 Å². The van der Waals surface area contributed by atoms with Crippen LogP contribution >= 0.6 is 0 Å². The Hall–Kier alpha value is -2.76. The van der Waals surface area contributed by atoms with Crippen LogP contribution < -0.4 is 10.1 Å². The van der Waals surface area contributed by atoms with Crippen LogP contribution in [0.25, 0.3) is 0 Å². The Balaban J connectivity index is 1.82. The summed E-state index contributed by atoms with van der Waals surface area (Å²) in [7, 11) is 1.68. The normalized spacial score (nSPS) is 11.7. The van der Waals surface area contributed by atoms with Crippen LogP contribution in [0.1, 0.15) is 48.8 Å². The highest BCUT2D eigenvalue weighted by Crippen LogP contribution is 2.18. The minimum absolute atomic E-state index is 0.0743. The standard InChI is InChI=1S/C20H26N2O4/c1-4-5-12-25-17-10-8-16(9-11-17)20(24)21-14-19(23)22(3)15(2)18-7-6-13-26-18/h6-11,13,15H,4-5,12,14H2,1-3H3,(H,21,24). The van der Waals surface area contributed by atoms with E-state index >= 15 is 0 Å². The Bertz CT molecular complexity index is 695. The van der Waals surface area contributed by atoms with Crippen molar-refractivity contribution in [3.63, 3.8) is 0 Å². The number of nitrogens with zero attached hydrogens (tertiary/aromatic N) is 1. The highest BCUT2D eigenvalue weighted by Gasteiger charge is 2.20. The number of unbranched alkanes of at least 4 members (excludes halogenated alkanes) is 1. The highest BCUT2D eigenvalue weighted by molar-refractivity contribution is 5.96. The number of benzene rings is 1. The highest BCUT2D eigenvalue weighted by atomic mass is 16.5. The fourth-order valence-corrected chi connectivity index (χ4v) is 2.36. The third-order valence-corrected chi connectivity index (χ3v) is 4.21. The lowest BCUT2D eigenvalue weighted by Gasteiger charge is -2.23. The molecule has 0 aliphatic heterocycles. The zero-order chi connectivity index (χ0) is 18.9. The van der Waals surface area contributed by atoms with Gasteiger partial charge in [-0.1, -0.05) is 13.3 Å². The number of rotatable bonds is 9. The minimum Gasteiger partial charge on any atom is -0.494 e. The monoisotopic (exact) mass is 358 g/mol. The van der Waals surface area contributed by atoms with Crippen molar-refractivity contribution >= 4 is 11.8 Å².